The second-order valence-electron chi connectivity index (χ2n) is 4.54. The predicted octanol–water partition coefficient (Wildman–Crippen LogP) is -1.59. The molecule has 2 fully saturated rings. The Morgan fingerprint density at radius 1 is 1.20 bits per heavy atom. The van der Waals surface area contributed by atoms with Gasteiger partial charge in [-0.05, 0) is 0 Å². The number of nitro groups is 3. The third-order valence-electron chi connectivity index (χ3n) is 3.66. The summed E-state index contributed by atoms with van der Waals surface area (Å²) in [4.78, 5) is 40.3. The van der Waals surface area contributed by atoms with Crippen molar-refractivity contribution in [2.45, 2.75) is 30.0 Å². The van der Waals surface area contributed by atoms with E-state index in [4.69, 9.17) is 0 Å². The standard InChI is InChI=1S/C7H8N4O9/c12-6-4(10(16)17)3-5(11(18)19)7(3,8-13)2(20-6)1-9(14)15/h2-6,12H,1H2/t2?,3?,4?,5?,6-,7?/m1/s1. The van der Waals surface area contributed by atoms with E-state index in [1.807, 2.05) is 0 Å². The minimum atomic E-state index is -2.19. The van der Waals surface area contributed by atoms with Gasteiger partial charge in [-0.1, -0.05) is 5.18 Å². The van der Waals surface area contributed by atoms with Crippen LogP contribution in [0.4, 0.5) is 0 Å². The summed E-state index contributed by atoms with van der Waals surface area (Å²) >= 11 is 0. The van der Waals surface area contributed by atoms with Gasteiger partial charge in [0.1, 0.15) is 5.92 Å². The molecule has 0 aromatic heterocycles. The van der Waals surface area contributed by atoms with Crippen molar-refractivity contribution in [1.82, 2.24) is 0 Å². The zero-order chi connectivity index (χ0) is 15.2. The first-order valence-electron chi connectivity index (χ1n) is 5.34. The number of rotatable bonds is 5. The van der Waals surface area contributed by atoms with Crippen LogP contribution >= 0.6 is 0 Å². The van der Waals surface area contributed by atoms with E-state index in [1.165, 1.54) is 0 Å². The van der Waals surface area contributed by atoms with Crippen LogP contribution in [0.5, 0.6) is 0 Å². The van der Waals surface area contributed by atoms with E-state index in [0.29, 0.717) is 0 Å². The number of nitroso groups, excluding NO2 is 1. The third-order valence-corrected chi connectivity index (χ3v) is 3.66. The number of hydrogen-bond acceptors (Lipinski definition) is 10. The molecule has 2 rings (SSSR count). The Bertz CT molecular complexity index is 497. The van der Waals surface area contributed by atoms with Crippen LogP contribution in [-0.4, -0.2) is 56.4 Å². The molecule has 0 spiro atoms. The highest BCUT2D eigenvalue weighted by molar-refractivity contribution is 5.28. The monoisotopic (exact) mass is 292 g/mol. The van der Waals surface area contributed by atoms with Crippen LogP contribution < -0.4 is 0 Å². The molecule has 1 aliphatic heterocycles. The van der Waals surface area contributed by atoms with Crippen LogP contribution in [0.2, 0.25) is 0 Å². The Hall–Kier alpha value is -2.28. The lowest BCUT2D eigenvalue weighted by atomic mass is 9.99. The van der Waals surface area contributed by atoms with Gasteiger partial charge in [-0.25, -0.2) is 0 Å². The Labute approximate surface area is 108 Å². The average Bonchev–Trinajstić information content (AvgIpc) is 2.98. The summed E-state index contributed by atoms with van der Waals surface area (Å²) in [6.07, 6.45) is -3.75. The van der Waals surface area contributed by atoms with Gasteiger partial charge in [-0.15, -0.1) is 4.91 Å². The average molecular weight is 292 g/mol. The van der Waals surface area contributed by atoms with Crippen LogP contribution in [0, 0.1) is 41.2 Å². The van der Waals surface area contributed by atoms with Crippen LogP contribution in [0.3, 0.4) is 0 Å². The molecule has 0 amide bonds. The van der Waals surface area contributed by atoms with Crippen molar-refractivity contribution in [3.63, 3.8) is 0 Å². The lowest BCUT2D eigenvalue weighted by Gasteiger charge is -2.27. The molecular formula is C7H8N4O9. The Balaban J connectivity index is 2.42. The minimum Gasteiger partial charge on any atom is -0.363 e. The highest BCUT2D eigenvalue weighted by Crippen LogP contribution is 2.58. The van der Waals surface area contributed by atoms with Gasteiger partial charge in [0.2, 0.25) is 18.4 Å². The summed E-state index contributed by atoms with van der Waals surface area (Å²) in [6, 6.07) is -3.70. The topological polar surface area (TPSA) is 188 Å². The van der Waals surface area contributed by atoms with E-state index >= 15 is 0 Å². The predicted molar refractivity (Wildman–Crippen MR) is 56.3 cm³/mol. The van der Waals surface area contributed by atoms with Gasteiger partial charge >= 0.3 is 0 Å². The molecule has 5 unspecified atom stereocenters. The lowest BCUT2D eigenvalue weighted by molar-refractivity contribution is -0.570. The lowest BCUT2D eigenvalue weighted by Crippen LogP contribution is -2.53. The summed E-state index contributed by atoms with van der Waals surface area (Å²) in [5, 5.41) is 44.2. The smallest absolute Gasteiger partial charge is 0.275 e. The van der Waals surface area contributed by atoms with Crippen molar-refractivity contribution in [2.75, 3.05) is 6.54 Å². The number of fused-ring (bicyclic) bond motifs is 1. The molecule has 1 saturated carbocycles. The number of ether oxygens (including phenoxy) is 1. The van der Waals surface area contributed by atoms with Gasteiger partial charge < -0.3 is 9.84 Å². The molecule has 1 N–H and O–H groups in total. The van der Waals surface area contributed by atoms with Crippen molar-refractivity contribution in [3.8, 4) is 0 Å². The van der Waals surface area contributed by atoms with Crippen molar-refractivity contribution in [1.29, 1.82) is 0 Å². The normalized spacial score (nSPS) is 42.4. The summed E-state index contributed by atoms with van der Waals surface area (Å²) in [5.41, 5.74) is -2.19. The molecule has 110 valence electrons. The number of aliphatic hydroxyl groups is 1. The van der Waals surface area contributed by atoms with E-state index in [2.05, 4.69) is 9.91 Å². The van der Waals surface area contributed by atoms with Gasteiger partial charge in [0.25, 0.3) is 12.1 Å². The first kappa shape index (κ1) is 14.1. The van der Waals surface area contributed by atoms with Gasteiger partial charge in [0.15, 0.2) is 6.10 Å². The molecule has 0 aromatic rings. The Morgan fingerprint density at radius 3 is 2.20 bits per heavy atom. The zero-order valence-electron chi connectivity index (χ0n) is 9.60. The highest BCUT2D eigenvalue weighted by Gasteiger charge is 2.89. The quantitative estimate of drug-likeness (QED) is 0.353. The summed E-state index contributed by atoms with van der Waals surface area (Å²) in [7, 11) is 0. The number of hydrogen-bond donors (Lipinski definition) is 1. The zero-order valence-corrected chi connectivity index (χ0v) is 9.60. The maximum absolute atomic E-state index is 10.9. The van der Waals surface area contributed by atoms with E-state index in [0.717, 1.165) is 0 Å². The molecule has 0 bridgehead atoms. The molecule has 2 aliphatic rings. The Kier molecular flexibility index (Phi) is 3.09. The van der Waals surface area contributed by atoms with Crippen molar-refractivity contribution in [3.05, 3.63) is 35.3 Å². The first-order chi connectivity index (χ1) is 9.27. The fraction of sp³-hybridized carbons (Fsp3) is 1.00. The van der Waals surface area contributed by atoms with Crippen molar-refractivity contribution < 1.29 is 24.6 Å². The van der Waals surface area contributed by atoms with E-state index in [-0.39, 0.29) is 0 Å². The molecule has 0 radical (unpaired) electrons. The largest absolute Gasteiger partial charge is 0.363 e. The summed E-state index contributed by atoms with van der Waals surface area (Å²) < 4.78 is 4.67. The van der Waals surface area contributed by atoms with Gasteiger partial charge in [-0.2, -0.15) is 0 Å². The second kappa shape index (κ2) is 4.38. The van der Waals surface area contributed by atoms with Crippen LogP contribution in [0.1, 0.15) is 0 Å². The van der Waals surface area contributed by atoms with E-state index in [1.54, 1.807) is 0 Å². The Morgan fingerprint density at radius 2 is 1.80 bits per heavy atom. The highest BCUT2D eigenvalue weighted by atomic mass is 16.7. The van der Waals surface area contributed by atoms with Crippen molar-refractivity contribution in [2.24, 2.45) is 11.1 Å². The van der Waals surface area contributed by atoms with Crippen LogP contribution in [-0.2, 0) is 4.74 Å². The van der Waals surface area contributed by atoms with E-state index in [9.17, 15) is 40.4 Å². The third kappa shape index (κ3) is 1.70. The van der Waals surface area contributed by atoms with Crippen LogP contribution in [0.25, 0.3) is 0 Å². The van der Waals surface area contributed by atoms with Gasteiger partial charge in [0.05, 0.1) is 0 Å². The number of aliphatic hydroxyl groups excluding tert-OH is 1. The molecule has 13 nitrogen and oxygen atoms in total. The molecule has 13 heteroatoms. The molecule has 6 atom stereocenters. The molecule has 1 saturated heterocycles. The van der Waals surface area contributed by atoms with Gasteiger partial charge in [-0.3, -0.25) is 30.3 Å². The maximum Gasteiger partial charge on any atom is 0.275 e. The fourth-order valence-electron chi connectivity index (χ4n) is 2.84. The summed E-state index contributed by atoms with van der Waals surface area (Å²) in [5.74, 6) is -1.53. The summed E-state index contributed by atoms with van der Waals surface area (Å²) in [6.45, 7) is -1.02. The molecular weight excluding hydrogens is 284 g/mol. The SMILES string of the molecule is O=NC12C(C[N+](=O)[O-])O[C@@H](O)C([N+](=O)[O-])C1C2[N+](=O)[O-]. The van der Waals surface area contributed by atoms with E-state index < -0.39 is 57.2 Å². The molecule has 1 heterocycles. The second-order valence-corrected chi connectivity index (χ2v) is 4.54. The number of nitrogens with zero attached hydrogens (tertiary/aromatic N) is 4. The molecule has 20 heavy (non-hydrogen) atoms. The van der Waals surface area contributed by atoms with Gasteiger partial charge in [0, 0.05) is 14.8 Å². The van der Waals surface area contributed by atoms with Crippen molar-refractivity contribution >= 4 is 0 Å². The molecule has 1 aliphatic carbocycles. The molecule has 0 aromatic carbocycles. The van der Waals surface area contributed by atoms with Crippen LogP contribution in [0.15, 0.2) is 5.18 Å². The minimum absolute atomic E-state index is 0.900. The maximum atomic E-state index is 10.9. The first-order valence-corrected chi connectivity index (χ1v) is 5.34. The fourth-order valence-corrected chi connectivity index (χ4v) is 2.84.